The predicted molar refractivity (Wildman–Crippen MR) is 82.9 cm³/mol. The molecule has 0 fully saturated rings. The topological polar surface area (TPSA) is 27.1 Å². The molecule has 1 aromatic heterocycles. The van der Waals surface area contributed by atoms with Gasteiger partial charge in [0.05, 0.1) is 15.5 Å². The zero-order chi connectivity index (χ0) is 14.5. The molecule has 20 heavy (non-hydrogen) atoms. The van der Waals surface area contributed by atoms with E-state index in [0.717, 1.165) is 29.8 Å². The van der Waals surface area contributed by atoms with Gasteiger partial charge in [0.25, 0.3) is 0 Å². The van der Waals surface area contributed by atoms with Crippen molar-refractivity contribution in [2.45, 2.75) is 26.3 Å². The van der Waals surface area contributed by atoms with E-state index < -0.39 is 0 Å². The summed E-state index contributed by atoms with van der Waals surface area (Å²) in [6, 6.07) is 3.23. The second-order valence-corrected chi connectivity index (χ2v) is 5.66. The summed E-state index contributed by atoms with van der Waals surface area (Å²) in [4.78, 5) is 4.54. The Morgan fingerprint density at radius 2 is 2.25 bits per heavy atom. The average Bonchev–Trinajstić information content (AvgIpc) is 2.73. The standard InChI is InChI=1S/C14H17BrClFN2O/c1-2-20-7-3-6-19-13-9-11(17)10(15)8-12(13)18-14(19)4-5-16/h8-9H,2-7H2,1H3. The first-order chi connectivity index (χ1) is 9.67. The van der Waals surface area contributed by atoms with Gasteiger partial charge in [0.2, 0.25) is 0 Å². The lowest BCUT2D eigenvalue weighted by molar-refractivity contribution is 0.141. The number of nitrogens with zero attached hydrogens (tertiary/aromatic N) is 2. The number of aryl methyl sites for hydroxylation is 2. The van der Waals surface area contributed by atoms with Crippen LogP contribution in [0.5, 0.6) is 0 Å². The largest absolute Gasteiger partial charge is 0.382 e. The van der Waals surface area contributed by atoms with Crippen LogP contribution in [-0.2, 0) is 17.7 Å². The molecule has 6 heteroatoms. The molecule has 1 aromatic carbocycles. The Hall–Kier alpha value is -0.650. The van der Waals surface area contributed by atoms with E-state index in [4.69, 9.17) is 16.3 Å². The van der Waals surface area contributed by atoms with E-state index in [0.29, 0.717) is 30.0 Å². The molecule has 110 valence electrons. The van der Waals surface area contributed by atoms with Crippen molar-refractivity contribution in [2.24, 2.45) is 0 Å². The highest BCUT2D eigenvalue weighted by Crippen LogP contribution is 2.24. The summed E-state index contributed by atoms with van der Waals surface area (Å²) in [5.74, 6) is 1.11. The minimum atomic E-state index is -0.277. The lowest BCUT2D eigenvalue weighted by Crippen LogP contribution is -2.07. The third-order valence-corrected chi connectivity index (χ3v) is 3.86. The summed E-state index contributed by atoms with van der Waals surface area (Å²) in [6.07, 6.45) is 1.54. The van der Waals surface area contributed by atoms with Gasteiger partial charge in [-0.25, -0.2) is 9.37 Å². The molecule has 0 aliphatic carbocycles. The fourth-order valence-electron chi connectivity index (χ4n) is 2.16. The van der Waals surface area contributed by atoms with Crippen molar-refractivity contribution >= 4 is 38.6 Å². The highest BCUT2D eigenvalue weighted by atomic mass is 79.9. The van der Waals surface area contributed by atoms with Crippen LogP contribution in [0.15, 0.2) is 16.6 Å². The Bertz CT molecular complexity index is 588. The molecular weight excluding hydrogens is 347 g/mol. The summed E-state index contributed by atoms with van der Waals surface area (Å²) in [5.41, 5.74) is 1.59. The number of imidazole rings is 1. The first-order valence-electron chi connectivity index (χ1n) is 6.65. The zero-order valence-corrected chi connectivity index (χ0v) is 13.7. The Morgan fingerprint density at radius 3 is 2.95 bits per heavy atom. The van der Waals surface area contributed by atoms with Gasteiger partial charge in [0.15, 0.2) is 0 Å². The van der Waals surface area contributed by atoms with Crippen molar-refractivity contribution in [1.29, 1.82) is 0 Å². The molecule has 0 radical (unpaired) electrons. The molecule has 0 amide bonds. The molecule has 2 rings (SSSR count). The zero-order valence-electron chi connectivity index (χ0n) is 11.3. The van der Waals surface area contributed by atoms with Gasteiger partial charge in [-0.2, -0.15) is 0 Å². The van der Waals surface area contributed by atoms with Gasteiger partial charge in [-0.1, -0.05) is 0 Å². The highest BCUT2D eigenvalue weighted by molar-refractivity contribution is 9.10. The van der Waals surface area contributed by atoms with Crippen molar-refractivity contribution in [2.75, 3.05) is 19.1 Å². The minimum absolute atomic E-state index is 0.277. The number of fused-ring (bicyclic) bond motifs is 1. The normalized spacial score (nSPS) is 11.4. The first kappa shape index (κ1) is 15.7. The third kappa shape index (κ3) is 3.51. The van der Waals surface area contributed by atoms with Gasteiger partial charge in [-0.15, -0.1) is 11.6 Å². The molecule has 0 saturated heterocycles. The maximum atomic E-state index is 13.7. The fourth-order valence-corrected chi connectivity index (χ4v) is 2.66. The number of ether oxygens (including phenoxy) is 1. The van der Waals surface area contributed by atoms with Crippen LogP contribution >= 0.6 is 27.5 Å². The molecule has 0 aliphatic heterocycles. The van der Waals surface area contributed by atoms with Gasteiger partial charge >= 0.3 is 0 Å². The van der Waals surface area contributed by atoms with Crippen molar-refractivity contribution in [1.82, 2.24) is 9.55 Å². The lowest BCUT2D eigenvalue weighted by atomic mass is 10.3. The molecule has 0 N–H and O–H groups in total. The van der Waals surface area contributed by atoms with E-state index in [2.05, 4.69) is 20.9 Å². The monoisotopic (exact) mass is 362 g/mol. The SMILES string of the molecule is CCOCCCn1c(CCCl)nc2cc(Br)c(F)cc21. The van der Waals surface area contributed by atoms with Gasteiger partial charge in [-0.3, -0.25) is 0 Å². The van der Waals surface area contributed by atoms with Crippen molar-refractivity contribution in [3.63, 3.8) is 0 Å². The lowest BCUT2D eigenvalue weighted by Gasteiger charge is -2.08. The van der Waals surface area contributed by atoms with E-state index in [1.165, 1.54) is 6.07 Å². The van der Waals surface area contributed by atoms with Crippen LogP contribution in [0.3, 0.4) is 0 Å². The highest BCUT2D eigenvalue weighted by Gasteiger charge is 2.13. The Morgan fingerprint density at radius 1 is 1.45 bits per heavy atom. The molecule has 0 unspecified atom stereocenters. The Labute approximate surface area is 131 Å². The number of hydrogen-bond acceptors (Lipinski definition) is 2. The van der Waals surface area contributed by atoms with E-state index in [-0.39, 0.29) is 5.82 Å². The molecule has 0 bridgehead atoms. The molecule has 0 aliphatic rings. The average molecular weight is 364 g/mol. The Kier molecular flexibility index (Phi) is 5.81. The van der Waals surface area contributed by atoms with E-state index in [1.807, 2.05) is 11.5 Å². The van der Waals surface area contributed by atoms with E-state index >= 15 is 0 Å². The smallest absolute Gasteiger partial charge is 0.139 e. The molecule has 0 spiro atoms. The molecule has 2 aromatic rings. The number of rotatable bonds is 7. The van der Waals surface area contributed by atoms with Crippen LogP contribution in [0.25, 0.3) is 11.0 Å². The number of hydrogen-bond donors (Lipinski definition) is 0. The van der Waals surface area contributed by atoms with Gasteiger partial charge in [0, 0.05) is 38.1 Å². The summed E-state index contributed by atoms with van der Waals surface area (Å²) in [7, 11) is 0. The summed E-state index contributed by atoms with van der Waals surface area (Å²) >= 11 is 9.01. The maximum Gasteiger partial charge on any atom is 0.139 e. The first-order valence-corrected chi connectivity index (χ1v) is 7.98. The van der Waals surface area contributed by atoms with Crippen LogP contribution in [0.2, 0.25) is 0 Å². The van der Waals surface area contributed by atoms with Gasteiger partial charge in [-0.05, 0) is 35.3 Å². The van der Waals surface area contributed by atoms with Gasteiger partial charge < -0.3 is 9.30 Å². The van der Waals surface area contributed by atoms with E-state index in [1.54, 1.807) is 6.07 Å². The molecule has 0 saturated carbocycles. The number of benzene rings is 1. The van der Waals surface area contributed by atoms with Crippen LogP contribution in [0, 0.1) is 5.82 Å². The predicted octanol–water partition coefficient (Wildman–Crippen LogP) is 4.15. The molecule has 3 nitrogen and oxygen atoms in total. The second-order valence-electron chi connectivity index (χ2n) is 4.42. The molecule has 0 atom stereocenters. The van der Waals surface area contributed by atoms with Gasteiger partial charge in [0.1, 0.15) is 11.6 Å². The second kappa shape index (κ2) is 7.38. The fraction of sp³-hybridized carbons (Fsp3) is 0.500. The van der Waals surface area contributed by atoms with Crippen molar-refractivity contribution < 1.29 is 9.13 Å². The quantitative estimate of drug-likeness (QED) is 0.546. The molecular formula is C14H17BrClFN2O. The number of alkyl halides is 1. The van der Waals surface area contributed by atoms with Crippen LogP contribution < -0.4 is 0 Å². The van der Waals surface area contributed by atoms with E-state index in [9.17, 15) is 4.39 Å². The number of aromatic nitrogens is 2. The number of halogens is 3. The summed E-state index contributed by atoms with van der Waals surface area (Å²) in [6.45, 7) is 4.12. The minimum Gasteiger partial charge on any atom is -0.382 e. The summed E-state index contributed by atoms with van der Waals surface area (Å²) in [5, 5.41) is 0. The van der Waals surface area contributed by atoms with Crippen LogP contribution in [0.4, 0.5) is 4.39 Å². The third-order valence-electron chi connectivity index (χ3n) is 3.06. The Balaban J connectivity index is 2.32. The molecule has 1 heterocycles. The maximum absolute atomic E-state index is 13.7. The van der Waals surface area contributed by atoms with Crippen LogP contribution in [-0.4, -0.2) is 28.6 Å². The van der Waals surface area contributed by atoms with Crippen LogP contribution in [0.1, 0.15) is 19.2 Å². The van der Waals surface area contributed by atoms with Crippen molar-refractivity contribution in [3.05, 3.63) is 28.2 Å². The summed E-state index contributed by atoms with van der Waals surface area (Å²) < 4.78 is 21.5. The van der Waals surface area contributed by atoms with Crippen molar-refractivity contribution in [3.8, 4) is 0 Å².